The summed E-state index contributed by atoms with van der Waals surface area (Å²) in [7, 11) is 0. The number of aromatic nitrogens is 1. The van der Waals surface area contributed by atoms with Crippen LogP contribution in [0.1, 0.15) is 5.89 Å². The lowest BCUT2D eigenvalue weighted by Crippen LogP contribution is -2.14. The molecular formula is C16H13N3O2. The lowest BCUT2D eigenvalue weighted by atomic mass is 10.2. The third-order valence-electron chi connectivity index (χ3n) is 2.84. The first-order valence-corrected chi connectivity index (χ1v) is 6.46. The van der Waals surface area contributed by atoms with Crippen LogP contribution in [0.15, 0.2) is 70.0 Å². The summed E-state index contributed by atoms with van der Waals surface area (Å²) >= 11 is 0. The fourth-order valence-corrected chi connectivity index (χ4v) is 1.86. The van der Waals surface area contributed by atoms with E-state index in [9.17, 15) is 4.79 Å². The average molecular weight is 279 g/mol. The van der Waals surface area contributed by atoms with Gasteiger partial charge in [-0.15, -0.1) is 0 Å². The van der Waals surface area contributed by atoms with Crippen LogP contribution in [0.5, 0.6) is 0 Å². The predicted molar refractivity (Wildman–Crippen MR) is 82.5 cm³/mol. The largest absolute Gasteiger partial charge is 0.438 e. The number of hydrazine groups is 1. The Balaban J connectivity index is 1.73. The van der Waals surface area contributed by atoms with Crippen molar-refractivity contribution in [1.82, 2.24) is 10.4 Å². The summed E-state index contributed by atoms with van der Waals surface area (Å²) in [5.74, 6) is 0.251. The van der Waals surface area contributed by atoms with Gasteiger partial charge in [-0.2, -0.15) is 4.98 Å². The third kappa shape index (κ3) is 3.09. The van der Waals surface area contributed by atoms with Crippen molar-refractivity contribution in [2.45, 2.75) is 0 Å². The molecule has 0 amide bonds. The molecule has 0 aliphatic carbocycles. The normalized spacial score (nSPS) is 10.9. The summed E-state index contributed by atoms with van der Waals surface area (Å²) in [4.78, 5) is 15.7. The van der Waals surface area contributed by atoms with Crippen molar-refractivity contribution in [3.8, 4) is 0 Å². The molecule has 0 fully saturated rings. The Morgan fingerprint density at radius 3 is 2.62 bits per heavy atom. The summed E-state index contributed by atoms with van der Waals surface area (Å²) in [5, 5.41) is 0.477. The highest BCUT2D eigenvalue weighted by Crippen LogP contribution is 2.10. The number of anilines is 1. The van der Waals surface area contributed by atoms with E-state index in [1.165, 1.54) is 0 Å². The number of nitrogens with zero attached hydrogens (tertiary/aromatic N) is 1. The van der Waals surface area contributed by atoms with Crippen molar-refractivity contribution in [3.63, 3.8) is 0 Å². The van der Waals surface area contributed by atoms with E-state index >= 15 is 0 Å². The van der Waals surface area contributed by atoms with Crippen LogP contribution in [0.2, 0.25) is 0 Å². The van der Waals surface area contributed by atoms with E-state index in [2.05, 4.69) is 15.8 Å². The lowest BCUT2D eigenvalue weighted by Gasteiger charge is -2.04. The molecule has 5 nitrogen and oxygen atoms in total. The van der Waals surface area contributed by atoms with Gasteiger partial charge in [-0.3, -0.25) is 4.79 Å². The summed E-state index contributed by atoms with van der Waals surface area (Å²) < 4.78 is 5.53. The lowest BCUT2D eigenvalue weighted by molar-refractivity contribution is 0.563. The van der Waals surface area contributed by atoms with E-state index in [0.29, 0.717) is 11.0 Å². The van der Waals surface area contributed by atoms with Crippen LogP contribution in [-0.2, 0) is 0 Å². The number of hydrogen-bond acceptors (Lipinski definition) is 5. The zero-order valence-corrected chi connectivity index (χ0v) is 11.1. The SMILES string of the molecule is O=c1nc(C=CNNc2ccccc2)oc2ccccc12. The van der Waals surface area contributed by atoms with Crippen molar-refractivity contribution in [2.24, 2.45) is 0 Å². The second-order valence-corrected chi connectivity index (χ2v) is 4.32. The van der Waals surface area contributed by atoms with Gasteiger partial charge in [-0.1, -0.05) is 30.3 Å². The highest BCUT2D eigenvalue weighted by molar-refractivity contribution is 5.75. The Morgan fingerprint density at radius 1 is 1.00 bits per heavy atom. The molecule has 0 unspecified atom stereocenters. The Bertz CT molecular complexity index is 826. The number of para-hydroxylation sites is 2. The van der Waals surface area contributed by atoms with Gasteiger partial charge in [0, 0.05) is 12.3 Å². The molecule has 0 saturated carbocycles. The van der Waals surface area contributed by atoms with Crippen molar-refractivity contribution in [3.05, 3.63) is 77.0 Å². The van der Waals surface area contributed by atoms with E-state index in [1.54, 1.807) is 30.5 Å². The Hall–Kier alpha value is -3.08. The van der Waals surface area contributed by atoms with Crippen molar-refractivity contribution in [2.75, 3.05) is 5.43 Å². The van der Waals surface area contributed by atoms with Gasteiger partial charge in [-0.05, 0) is 24.3 Å². The van der Waals surface area contributed by atoms with Crippen LogP contribution in [0.3, 0.4) is 0 Å². The van der Waals surface area contributed by atoms with Gasteiger partial charge < -0.3 is 15.3 Å². The molecule has 104 valence electrons. The molecule has 3 aromatic rings. The van der Waals surface area contributed by atoms with E-state index < -0.39 is 0 Å². The maximum Gasteiger partial charge on any atom is 0.284 e. The summed E-state index contributed by atoms with van der Waals surface area (Å²) in [6, 6.07) is 16.7. The van der Waals surface area contributed by atoms with Crippen LogP contribution in [-0.4, -0.2) is 4.98 Å². The molecule has 1 heterocycles. The van der Waals surface area contributed by atoms with Crippen LogP contribution in [0, 0.1) is 0 Å². The Labute approximate surface area is 120 Å². The topological polar surface area (TPSA) is 67.2 Å². The zero-order chi connectivity index (χ0) is 14.5. The third-order valence-corrected chi connectivity index (χ3v) is 2.84. The first-order valence-electron chi connectivity index (χ1n) is 6.46. The minimum absolute atomic E-state index is 0.251. The molecule has 21 heavy (non-hydrogen) atoms. The van der Waals surface area contributed by atoms with E-state index in [4.69, 9.17) is 4.42 Å². The number of benzene rings is 2. The van der Waals surface area contributed by atoms with Gasteiger partial charge >= 0.3 is 0 Å². The molecule has 0 radical (unpaired) electrons. The van der Waals surface area contributed by atoms with Gasteiger partial charge in [-0.25, -0.2) is 0 Å². The van der Waals surface area contributed by atoms with Crippen LogP contribution in [0.4, 0.5) is 5.69 Å². The molecule has 0 saturated heterocycles. The molecule has 3 rings (SSSR count). The highest BCUT2D eigenvalue weighted by atomic mass is 16.3. The van der Waals surface area contributed by atoms with Crippen molar-refractivity contribution < 1.29 is 4.42 Å². The monoisotopic (exact) mass is 279 g/mol. The first kappa shape index (κ1) is 12.9. The molecule has 1 aromatic heterocycles. The quantitative estimate of drug-likeness (QED) is 0.719. The molecule has 0 spiro atoms. The molecule has 2 aromatic carbocycles. The Morgan fingerprint density at radius 2 is 1.76 bits per heavy atom. The number of nitrogens with one attached hydrogen (secondary N) is 2. The van der Waals surface area contributed by atoms with Crippen molar-refractivity contribution >= 4 is 22.7 Å². The molecule has 0 atom stereocenters. The molecule has 2 N–H and O–H groups in total. The minimum Gasteiger partial charge on any atom is -0.438 e. The standard InChI is InChI=1S/C16H13N3O2/c20-16-13-8-4-5-9-14(13)21-15(18-16)10-11-17-19-12-6-2-1-3-7-12/h1-11,17,19H. The fraction of sp³-hybridized carbons (Fsp3) is 0. The fourth-order valence-electron chi connectivity index (χ4n) is 1.86. The Kier molecular flexibility index (Phi) is 3.64. The maximum atomic E-state index is 11.8. The molecule has 0 bridgehead atoms. The highest BCUT2D eigenvalue weighted by Gasteiger charge is 2.02. The summed E-state index contributed by atoms with van der Waals surface area (Å²) in [5.41, 5.74) is 7.02. The van der Waals surface area contributed by atoms with Crippen LogP contribution >= 0.6 is 0 Å². The van der Waals surface area contributed by atoms with Gasteiger partial charge in [0.15, 0.2) is 0 Å². The van der Waals surface area contributed by atoms with Gasteiger partial charge in [0.05, 0.1) is 11.1 Å². The van der Waals surface area contributed by atoms with E-state index in [0.717, 1.165) is 5.69 Å². The van der Waals surface area contributed by atoms with E-state index in [-0.39, 0.29) is 11.4 Å². The minimum atomic E-state index is -0.299. The maximum absolute atomic E-state index is 11.8. The molecule has 5 heteroatoms. The van der Waals surface area contributed by atoms with Crippen molar-refractivity contribution in [1.29, 1.82) is 0 Å². The number of rotatable bonds is 4. The van der Waals surface area contributed by atoms with Crippen LogP contribution < -0.4 is 16.4 Å². The second-order valence-electron chi connectivity index (χ2n) is 4.32. The summed E-state index contributed by atoms with van der Waals surface area (Å²) in [6.45, 7) is 0. The molecular weight excluding hydrogens is 266 g/mol. The van der Waals surface area contributed by atoms with Gasteiger partial charge in [0.2, 0.25) is 5.89 Å². The van der Waals surface area contributed by atoms with Crippen LogP contribution in [0.25, 0.3) is 17.0 Å². The van der Waals surface area contributed by atoms with E-state index in [1.807, 2.05) is 36.4 Å². The smallest absolute Gasteiger partial charge is 0.284 e. The second kappa shape index (κ2) is 5.92. The molecule has 0 aliphatic heterocycles. The first-order chi connectivity index (χ1) is 10.3. The summed E-state index contributed by atoms with van der Waals surface area (Å²) in [6.07, 6.45) is 3.21. The van der Waals surface area contributed by atoms with Gasteiger partial charge in [0.25, 0.3) is 5.56 Å². The predicted octanol–water partition coefficient (Wildman–Crippen LogP) is 2.78. The van der Waals surface area contributed by atoms with Gasteiger partial charge in [0.1, 0.15) is 5.58 Å². The zero-order valence-electron chi connectivity index (χ0n) is 11.1. The average Bonchev–Trinajstić information content (AvgIpc) is 2.53. The number of fused-ring (bicyclic) bond motifs is 1. The molecule has 0 aliphatic rings. The number of hydrogen-bond donors (Lipinski definition) is 2.